The second-order valence-electron chi connectivity index (χ2n) is 2.49. The van der Waals surface area contributed by atoms with Crippen LogP contribution in [0.25, 0.3) is 0 Å². The Morgan fingerprint density at radius 2 is 2.00 bits per heavy atom. The Hall–Kier alpha value is -1.02. The van der Waals surface area contributed by atoms with Crippen LogP contribution >= 0.6 is 12.2 Å². The first-order chi connectivity index (χ1) is 5.84. The molecule has 0 radical (unpaired) electrons. The van der Waals surface area contributed by atoms with E-state index in [1.54, 1.807) is 5.37 Å². The molecule has 0 fully saturated rings. The molecule has 1 aromatic rings. The minimum Gasteiger partial charge on any atom is -0.294 e. The maximum atomic E-state index is 11.3. The molecule has 0 amide bonds. The van der Waals surface area contributed by atoms with Crippen molar-refractivity contribution in [2.24, 2.45) is 0 Å². The number of benzene rings is 1. The van der Waals surface area contributed by atoms with Crippen molar-refractivity contribution in [2.75, 3.05) is 0 Å². The standard InChI is InChI=1S/C10H10OS/c11-10(7-4-8-12)9-5-2-1-3-6-9/h1-3,5-6,8H,4,7H2. The highest BCUT2D eigenvalue weighted by molar-refractivity contribution is 7.78. The summed E-state index contributed by atoms with van der Waals surface area (Å²) in [6, 6.07) is 9.28. The number of hydrogen-bond donors (Lipinski definition) is 0. The van der Waals surface area contributed by atoms with E-state index in [0.29, 0.717) is 12.8 Å². The Labute approximate surface area is 77.4 Å². The summed E-state index contributed by atoms with van der Waals surface area (Å²) in [7, 11) is 0. The Balaban J connectivity index is 2.59. The highest BCUT2D eigenvalue weighted by Gasteiger charge is 2.01. The van der Waals surface area contributed by atoms with Crippen molar-refractivity contribution in [3.05, 3.63) is 35.9 Å². The van der Waals surface area contributed by atoms with E-state index in [4.69, 9.17) is 0 Å². The van der Waals surface area contributed by atoms with E-state index in [-0.39, 0.29) is 5.78 Å². The third-order valence-corrected chi connectivity index (χ3v) is 1.82. The van der Waals surface area contributed by atoms with Gasteiger partial charge in [0.2, 0.25) is 0 Å². The molecule has 2 heteroatoms. The van der Waals surface area contributed by atoms with Crippen LogP contribution < -0.4 is 0 Å². The second-order valence-corrected chi connectivity index (χ2v) is 2.83. The van der Waals surface area contributed by atoms with Crippen LogP contribution in [0, 0.1) is 0 Å². The van der Waals surface area contributed by atoms with Gasteiger partial charge in [0, 0.05) is 12.0 Å². The minimum atomic E-state index is 0.164. The smallest absolute Gasteiger partial charge is 0.163 e. The monoisotopic (exact) mass is 178 g/mol. The van der Waals surface area contributed by atoms with Gasteiger partial charge < -0.3 is 0 Å². The quantitative estimate of drug-likeness (QED) is 0.521. The Bertz CT molecular complexity index is 266. The molecule has 0 aliphatic rings. The fourth-order valence-electron chi connectivity index (χ4n) is 0.958. The molecule has 62 valence electrons. The van der Waals surface area contributed by atoms with E-state index in [9.17, 15) is 4.79 Å². The van der Waals surface area contributed by atoms with Crippen molar-refractivity contribution >= 4 is 23.4 Å². The van der Waals surface area contributed by atoms with Crippen LogP contribution in [0.4, 0.5) is 0 Å². The molecule has 0 saturated carbocycles. The molecule has 0 spiro atoms. The molecule has 0 aromatic heterocycles. The molecule has 0 saturated heterocycles. The van der Waals surface area contributed by atoms with Crippen LogP contribution in [0.15, 0.2) is 30.3 Å². The molecule has 0 aliphatic carbocycles. The van der Waals surface area contributed by atoms with Crippen LogP contribution in [0.3, 0.4) is 0 Å². The molecule has 1 nitrogen and oxygen atoms in total. The van der Waals surface area contributed by atoms with E-state index in [1.807, 2.05) is 30.3 Å². The van der Waals surface area contributed by atoms with Crippen LogP contribution in [0.1, 0.15) is 23.2 Å². The number of Topliss-reactive ketones (excluding diaryl/α,β-unsaturated/α-hetero) is 1. The zero-order chi connectivity index (χ0) is 8.81. The zero-order valence-corrected chi connectivity index (χ0v) is 7.51. The van der Waals surface area contributed by atoms with Crippen molar-refractivity contribution in [3.63, 3.8) is 0 Å². The lowest BCUT2D eigenvalue weighted by Crippen LogP contribution is -1.97. The molecule has 0 unspecified atom stereocenters. The molecule has 1 rings (SSSR count). The van der Waals surface area contributed by atoms with Crippen molar-refractivity contribution in [1.82, 2.24) is 0 Å². The molecular formula is C10H10OS. The summed E-state index contributed by atoms with van der Waals surface area (Å²) in [6.07, 6.45) is 1.20. The highest BCUT2D eigenvalue weighted by Crippen LogP contribution is 2.03. The van der Waals surface area contributed by atoms with Crippen molar-refractivity contribution in [3.8, 4) is 0 Å². The lowest BCUT2D eigenvalue weighted by atomic mass is 10.1. The number of rotatable bonds is 4. The van der Waals surface area contributed by atoms with E-state index < -0.39 is 0 Å². The van der Waals surface area contributed by atoms with Gasteiger partial charge in [0.25, 0.3) is 0 Å². The highest BCUT2D eigenvalue weighted by atomic mass is 32.1. The van der Waals surface area contributed by atoms with Gasteiger partial charge in [0.15, 0.2) is 5.78 Å². The van der Waals surface area contributed by atoms with Gasteiger partial charge in [-0.25, -0.2) is 0 Å². The van der Waals surface area contributed by atoms with Crippen LogP contribution in [0.5, 0.6) is 0 Å². The average Bonchev–Trinajstić information content (AvgIpc) is 2.15. The van der Waals surface area contributed by atoms with E-state index in [2.05, 4.69) is 12.2 Å². The Morgan fingerprint density at radius 3 is 2.58 bits per heavy atom. The molecule has 12 heavy (non-hydrogen) atoms. The largest absolute Gasteiger partial charge is 0.294 e. The molecular weight excluding hydrogens is 168 g/mol. The fourth-order valence-corrected chi connectivity index (χ4v) is 1.08. The zero-order valence-electron chi connectivity index (χ0n) is 6.69. The summed E-state index contributed by atoms with van der Waals surface area (Å²) in [5.74, 6) is 0.164. The summed E-state index contributed by atoms with van der Waals surface area (Å²) in [5, 5.41) is 1.60. The summed E-state index contributed by atoms with van der Waals surface area (Å²) < 4.78 is 0. The number of carbonyl (C=O) groups is 1. The number of thiocarbonyl (C=S) groups is 1. The Kier molecular flexibility index (Phi) is 3.61. The lowest BCUT2D eigenvalue weighted by Gasteiger charge is -1.96. The molecule has 0 bridgehead atoms. The molecule has 0 N–H and O–H groups in total. The molecule has 0 aliphatic heterocycles. The summed E-state index contributed by atoms with van der Waals surface area (Å²) >= 11 is 4.64. The maximum Gasteiger partial charge on any atom is 0.163 e. The van der Waals surface area contributed by atoms with Gasteiger partial charge in [-0.2, -0.15) is 0 Å². The summed E-state index contributed by atoms with van der Waals surface area (Å²) in [5.41, 5.74) is 0.773. The van der Waals surface area contributed by atoms with Crippen LogP contribution in [-0.4, -0.2) is 11.2 Å². The van der Waals surface area contributed by atoms with Gasteiger partial charge in [-0.15, -0.1) is 0 Å². The van der Waals surface area contributed by atoms with Gasteiger partial charge in [0.05, 0.1) is 0 Å². The van der Waals surface area contributed by atoms with E-state index >= 15 is 0 Å². The van der Waals surface area contributed by atoms with Gasteiger partial charge in [0.1, 0.15) is 0 Å². The first kappa shape index (κ1) is 9.07. The third-order valence-electron chi connectivity index (χ3n) is 1.59. The topological polar surface area (TPSA) is 17.1 Å². The third kappa shape index (κ3) is 2.55. The summed E-state index contributed by atoms with van der Waals surface area (Å²) in [4.78, 5) is 11.3. The van der Waals surface area contributed by atoms with Crippen molar-refractivity contribution in [2.45, 2.75) is 12.8 Å². The van der Waals surface area contributed by atoms with Gasteiger partial charge in [-0.05, 0) is 11.8 Å². The number of carbonyl (C=O) groups excluding carboxylic acids is 1. The first-order valence-corrected chi connectivity index (χ1v) is 4.33. The normalized spacial score (nSPS) is 9.33. The average molecular weight is 178 g/mol. The minimum absolute atomic E-state index is 0.164. The van der Waals surface area contributed by atoms with Crippen molar-refractivity contribution < 1.29 is 4.79 Å². The first-order valence-electron chi connectivity index (χ1n) is 3.86. The Morgan fingerprint density at radius 1 is 1.33 bits per heavy atom. The van der Waals surface area contributed by atoms with Crippen LogP contribution in [0.2, 0.25) is 0 Å². The SMILES string of the molecule is O=C(CCC=S)c1ccccc1. The maximum absolute atomic E-state index is 11.3. The fraction of sp³-hybridized carbons (Fsp3) is 0.200. The molecule has 0 heterocycles. The van der Waals surface area contributed by atoms with Gasteiger partial charge in [-0.1, -0.05) is 42.5 Å². The van der Waals surface area contributed by atoms with Gasteiger partial charge in [-0.3, -0.25) is 4.79 Å². The van der Waals surface area contributed by atoms with E-state index in [1.165, 1.54) is 0 Å². The summed E-state index contributed by atoms with van der Waals surface area (Å²) in [6.45, 7) is 0. The predicted molar refractivity (Wildman–Crippen MR) is 53.7 cm³/mol. The molecule has 1 aromatic carbocycles. The number of ketones is 1. The van der Waals surface area contributed by atoms with Crippen molar-refractivity contribution in [1.29, 1.82) is 0 Å². The second kappa shape index (κ2) is 4.78. The number of hydrogen-bond acceptors (Lipinski definition) is 2. The predicted octanol–water partition coefficient (Wildman–Crippen LogP) is 2.65. The lowest BCUT2D eigenvalue weighted by molar-refractivity contribution is 0.0985. The van der Waals surface area contributed by atoms with Crippen LogP contribution in [-0.2, 0) is 0 Å². The molecule has 0 atom stereocenters. The van der Waals surface area contributed by atoms with E-state index in [0.717, 1.165) is 5.56 Å². The van der Waals surface area contributed by atoms with Gasteiger partial charge >= 0.3 is 0 Å².